The quantitative estimate of drug-likeness (QED) is 0.757. The van der Waals surface area contributed by atoms with Crippen molar-refractivity contribution in [2.75, 3.05) is 26.2 Å². The van der Waals surface area contributed by atoms with Crippen molar-refractivity contribution in [1.82, 2.24) is 4.90 Å². The van der Waals surface area contributed by atoms with Crippen LogP contribution in [0, 0.1) is 0 Å². The second-order valence-electron chi connectivity index (χ2n) is 6.80. The zero-order chi connectivity index (χ0) is 15.9. The minimum Gasteiger partial charge on any atom is -0.492 e. The molecule has 3 heteroatoms. The van der Waals surface area contributed by atoms with Gasteiger partial charge in [0.25, 0.3) is 0 Å². The van der Waals surface area contributed by atoms with E-state index in [4.69, 9.17) is 9.47 Å². The third-order valence-electron chi connectivity index (χ3n) is 4.22. The normalized spacial score (nSPS) is 17.4. The summed E-state index contributed by atoms with van der Waals surface area (Å²) in [5, 5.41) is 0. The Morgan fingerprint density at radius 1 is 1.05 bits per heavy atom. The first-order chi connectivity index (χ1) is 10.5. The van der Waals surface area contributed by atoms with E-state index >= 15 is 0 Å². The standard InChI is InChI=1S/C19H31NO2/c1-15(2)17-5-7-18(8-6-17)21-14-13-20-11-9-19(10-12-20)22-16(3)4/h5-8,15-16,19H,9-14H2,1-4H3. The summed E-state index contributed by atoms with van der Waals surface area (Å²) in [5.41, 5.74) is 1.36. The predicted octanol–water partition coefficient (Wildman–Crippen LogP) is 4.08. The number of benzene rings is 1. The number of ether oxygens (including phenoxy) is 2. The summed E-state index contributed by atoms with van der Waals surface area (Å²) in [7, 11) is 0. The van der Waals surface area contributed by atoms with Gasteiger partial charge in [-0.25, -0.2) is 0 Å². The molecule has 1 aromatic rings. The van der Waals surface area contributed by atoms with E-state index in [1.54, 1.807) is 0 Å². The van der Waals surface area contributed by atoms with E-state index in [1.807, 2.05) is 0 Å². The van der Waals surface area contributed by atoms with Crippen LogP contribution in [0.15, 0.2) is 24.3 Å². The molecule has 3 nitrogen and oxygen atoms in total. The number of piperidine rings is 1. The molecule has 1 aliphatic heterocycles. The lowest BCUT2D eigenvalue weighted by Crippen LogP contribution is -2.39. The average Bonchev–Trinajstić information content (AvgIpc) is 2.49. The molecule has 0 aliphatic carbocycles. The highest BCUT2D eigenvalue weighted by atomic mass is 16.5. The fraction of sp³-hybridized carbons (Fsp3) is 0.684. The van der Waals surface area contributed by atoms with Crippen LogP contribution in [-0.4, -0.2) is 43.3 Å². The molecular formula is C19H31NO2. The highest BCUT2D eigenvalue weighted by Crippen LogP contribution is 2.19. The molecule has 0 bridgehead atoms. The minimum absolute atomic E-state index is 0.341. The van der Waals surface area contributed by atoms with Crippen molar-refractivity contribution >= 4 is 0 Å². The van der Waals surface area contributed by atoms with Gasteiger partial charge >= 0.3 is 0 Å². The smallest absolute Gasteiger partial charge is 0.119 e. The van der Waals surface area contributed by atoms with Crippen molar-refractivity contribution in [3.63, 3.8) is 0 Å². The van der Waals surface area contributed by atoms with Crippen molar-refractivity contribution < 1.29 is 9.47 Å². The second-order valence-corrected chi connectivity index (χ2v) is 6.80. The Kier molecular flexibility index (Phi) is 6.71. The zero-order valence-corrected chi connectivity index (χ0v) is 14.5. The molecule has 1 aliphatic rings. The molecule has 22 heavy (non-hydrogen) atoms. The number of hydrogen-bond donors (Lipinski definition) is 0. The van der Waals surface area contributed by atoms with E-state index in [9.17, 15) is 0 Å². The first-order valence-corrected chi connectivity index (χ1v) is 8.65. The third-order valence-corrected chi connectivity index (χ3v) is 4.22. The topological polar surface area (TPSA) is 21.7 Å². The molecule has 1 heterocycles. The fourth-order valence-electron chi connectivity index (χ4n) is 2.90. The SMILES string of the molecule is CC(C)OC1CCN(CCOc2ccc(C(C)C)cc2)CC1. The van der Waals surface area contributed by atoms with Gasteiger partial charge in [0.15, 0.2) is 0 Å². The van der Waals surface area contributed by atoms with Crippen LogP contribution in [0.3, 0.4) is 0 Å². The maximum atomic E-state index is 5.89. The maximum Gasteiger partial charge on any atom is 0.119 e. The van der Waals surface area contributed by atoms with Crippen molar-refractivity contribution in [1.29, 1.82) is 0 Å². The van der Waals surface area contributed by atoms with E-state index in [2.05, 4.69) is 56.9 Å². The predicted molar refractivity (Wildman–Crippen MR) is 91.7 cm³/mol. The number of nitrogens with zero attached hydrogens (tertiary/aromatic N) is 1. The first-order valence-electron chi connectivity index (χ1n) is 8.65. The molecule has 0 spiro atoms. The fourth-order valence-corrected chi connectivity index (χ4v) is 2.90. The molecular weight excluding hydrogens is 274 g/mol. The molecule has 1 saturated heterocycles. The van der Waals surface area contributed by atoms with Crippen LogP contribution in [0.1, 0.15) is 52.0 Å². The summed E-state index contributed by atoms with van der Waals surface area (Å²) in [6.45, 7) is 12.7. The molecule has 0 radical (unpaired) electrons. The summed E-state index contributed by atoms with van der Waals surface area (Å²) >= 11 is 0. The first kappa shape index (κ1) is 17.3. The van der Waals surface area contributed by atoms with Crippen LogP contribution in [0.2, 0.25) is 0 Å². The number of rotatable bonds is 7. The molecule has 0 amide bonds. The third kappa shape index (κ3) is 5.62. The summed E-state index contributed by atoms with van der Waals surface area (Å²) in [4.78, 5) is 2.47. The molecule has 0 saturated carbocycles. The Bertz CT molecular complexity index is 420. The summed E-state index contributed by atoms with van der Waals surface area (Å²) in [6, 6.07) is 8.49. The van der Waals surface area contributed by atoms with Gasteiger partial charge in [-0.3, -0.25) is 4.90 Å². The Labute approximate surface area is 135 Å². The van der Waals surface area contributed by atoms with E-state index in [0.717, 1.165) is 44.8 Å². The average molecular weight is 305 g/mol. The highest BCUT2D eigenvalue weighted by molar-refractivity contribution is 5.28. The van der Waals surface area contributed by atoms with E-state index < -0.39 is 0 Å². The largest absolute Gasteiger partial charge is 0.492 e. The number of likely N-dealkylation sites (tertiary alicyclic amines) is 1. The molecule has 2 rings (SSSR count). The van der Waals surface area contributed by atoms with Crippen molar-refractivity contribution in [2.45, 2.75) is 58.7 Å². The maximum absolute atomic E-state index is 5.89. The van der Waals surface area contributed by atoms with Crippen LogP contribution < -0.4 is 4.74 Å². The monoisotopic (exact) mass is 305 g/mol. The van der Waals surface area contributed by atoms with Gasteiger partial charge in [0, 0.05) is 19.6 Å². The van der Waals surface area contributed by atoms with Crippen LogP contribution in [0.5, 0.6) is 5.75 Å². The summed E-state index contributed by atoms with van der Waals surface area (Å²) in [6.07, 6.45) is 3.07. The molecule has 0 N–H and O–H groups in total. The van der Waals surface area contributed by atoms with Gasteiger partial charge in [0.1, 0.15) is 12.4 Å². The summed E-state index contributed by atoms with van der Waals surface area (Å²) < 4.78 is 11.7. The Balaban J connectivity index is 1.65. The van der Waals surface area contributed by atoms with Gasteiger partial charge in [-0.1, -0.05) is 26.0 Å². The van der Waals surface area contributed by atoms with Gasteiger partial charge in [-0.05, 0) is 50.3 Å². The summed E-state index contributed by atoms with van der Waals surface area (Å²) in [5.74, 6) is 1.55. The van der Waals surface area contributed by atoms with Gasteiger partial charge in [0.2, 0.25) is 0 Å². The van der Waals surface area contributed by atoms with E-state index in [1.165, 1.54) is 5.56 Å². The molecule has 1 fully saturated rings. The van der Waals surface area contributed by atoms with Crippen molar-refractivity contribution in [3.05, 3.63) is 29.8 Å². The van der Waals surface area contributed by atoms with Crippen LogP contribution >= 0.6 is 0 Å². The highest BCUT2D eigenvalue weighted by Gasteiger charge is 2.20. The van der Waals surface area contributed by atoms with Gasteiger partial charge in [-0.2, -0.15) is 0 Å². The Morgan fingerprint density at radius 3 is 2.23 bits per heavy atom. The van der Waals surface area contributed by atoms with Crippen LogP contribution in [0.4, 0.5) is 0 Å². The minimum atomic E-state index is 0.341. The van der Waals surface area contributed by atoms with Crippen molar-refractivity contribution in [3.8, 4) is 5.75 Å². The van der Waals surface area contributed by atoms with Gasteiger partial charge < -0.3 is 9.47 Å². The van der Waals surface area contributed by atoms with Gasteiger partial charge in [0.05, 0.1) is 12.2 Å². The molecule has 124 valence electrons. The molecule has 0 aromatic heterocycles. The van der Waals surface area contributed by atoms with E-state index in [0.29, 0.717) is 18.1 Å². The lowest BCUT2D eigenvalue weighted by molar-refractivity contribution is -0.0279. The molecule has 1 aromatic carbocycles. The molecule has 0 atom stereocenters. The van der Waals surface area contributed by atoms with E-state index in [-0.39, 0.29) is 0 Å². The van der Waals surface area contributed by atoms with Gasteiger partial charge in [-0.15, -0.1) is 0 Å². The van der Waals surface area contributed by atoms with Crippen molar-refractivity contribution in [2.24, 2.45) is 0 Å². The Hall–Kier alpha value is -1.06. The lowest BCUT2D eigenvalue weighted by atomic mass is 10.0. The Morgan fingerprint density at radius 2 is 1.68 bits per heavy atom. The second kappa shape index (κ2) is 8.54. The number of hydrogen-bond acceptors (Lipinski definition) is 3. The van der Waals surface area contributed by atoms with Crippen LogP contribution in [-0.2, 0) is 4.74 Å². The zero-order valence-electron chi connectivity index (χ0n) is 14.5. The molecule has 0 unspecified atom stereocenters. The lowest BCUT2D eigenvalue weighted by Gasteiger charge is -2.32. The van der Waals surface area contributed by atoms with Crippen LogP contribution in [0.25, 0.3) is 0 Å².